The lowest BCUT2D eigenvalue weighted by atomic mass is 9.87. The lowest BCUT2D eigenvalue weighted by molar-refractivity contribution is -0.132. The highest BCUT2D eigenvalue weighted by atomic mass is 16.2. The van der Waals surface area contributed by atoms with Gasteiger partial charge in [0.25, 0.3) is 0 Å². The number of pyridine rings is 1. The van der Waals surface area contributed by atoms with Crippen LogP contribution in [0.3, 0.4) is 0 Å². The number of aromatic nitrogens is 3. The van der Waals surface area contributed by atoms with Gasteiger partial charge in [-0.3, -0.25) is 4.79 Å². The van der Waals surface area contributed by atoms with Crippen molar-refractivity contribution in [3.8, 4) is 11.3 Å². The van der Waals surface area contributed by atoms with E-state index in [1.807, 2.05) is 35.3 Å². The molecule has 6 nitrogen and oxygen atoms in total. The number of fused-ring (bicyclic) bond motifs is 2. The molecule has 0 atom stereocenters. The Kier molecular flexibility index (Phi) is 6.18. The second-order valence-electron chi connectivity index (χ2n) is 10.8. The summed E-state index contributed by atoms with van der Waals surface area (Å²) < 4.78 is 2.02. The number of benzene rings is 1. The predicted molar refractivity (Wildman–Crippen MR) is 143 cm³/mol. The minimum atomic E-state index is 0.238. The molecule has 1 aromatic carbocycles. The molecule has 1 fully saturated rings. The van der Waals surface area contributed by atoms with Gasteiger partial charge < -0.3 is 14.8 Å². The summed E-state index contributed by atoms with van der Waals surface area (Å²) in [7, 11) is 3.90. The molecule has 4 heterocycles. The Morgan fingerprint density at radius 3 is 2.54 bits per heavy atom. The molecule has 0 aliphatic carbocycles. The topological polar surface area (TPSA) is 56.6 Å². The average Bonchev–Trinajstić information content (AvgIpc) is 3.38. The summed E-state index contributed by atoms with van der Waals surface area (Å²) in [6.07, 6.45) is 2.05. The number of hydrogen-bond acceptors (Lipinski definition) is 3. The van der Waals surface area contributed by atoms with Gasteiger partial charge in [-0.2, -0.15) is 5.10 Å². The maximum Gasteiger partial charge on any atom is 0.236 e. The van der Waals surface area contributed by atoms with Gasteiger partial charge in [-0.05, 0) is 94.1 Å². The molecule has 0 bridgehead atoms. The van der Waals surface area contributed by atoms with Crippen LogP contribution in [0.5, 0.6) is 0 Å². The normalized spacial score (nSPS) is 15.3. The second-order valence-corrected chi connectivity index (χ2v) is 10.8. The van der Waals surface area contributed by atoms with Crippen LogP contribution in [0.15, 0.2) is 36.4 Å². The van der Waals surface area contributed by atoms with E-state index in [2.05, 4.69) is 67.3 Å². The molecule has 35 heavy (non-hydrogen) atoms. The number of amides is 1. The molecule has 4 aromatic rings. The van der Waals surface area contributed by atoms with Gasteiger partial charge in [0.1, 0.15) is 0 Å². The van der Waals surface area contributed by atoms with Gasteiger partial charge in [-0.25, -0.2) is 4.52 Å². The minimum absolute atomic E-state index is 0.238. The Balaban J connectivity index is 1.48. The van der Waals surface area contributed by atoms with Crippen molar-refractivity contribution in [3.05, 3.63) is 58.9 Å². The fraction of sp³-hybridized carbons (Fsp3) is 0.448. The first-order valence-electron chi connectivity index (χ1n) is 12.8. The van der Waals surface area contributed by atoms with Crippen LogP contribution in [0.25, 0.3) is 27.7 Å². The monoisotopic (exact) mass is 471 g/mol. The van der Waals surface area contributed by atoms with Crippen LogP contribution in [-0.4, -0.2) is 64.0 Å². The maximum absolute atomic E-state index is 12.5. The summed E-state index contributed by atoms with van der Waals surface area (Å²) in [5.41, 5.74) is 9.67. The van der Waals surface area contributed by atoms with Crippen molar-refractivity contribution in [1.29, 1.82) is 0 Å². The molecule has 6 heteroatoms. The quantitative estimate of drug-likeness (QED) is 0.419. The van der Waals surface area contributed by atoms with Crippen LogP contribution in [0, 0.1) is 13.8 Å². The number of rotatable bonds is 5. The number of likely N-dealkylation sites (N-methyl/N-ethyl adjacent to an activating group) is 1. The number of nitrogens with one attached hydrogen (secondary N) is 1. The van der Waals surface area contributed by atoms with Crippen molar-refractivity contribution in [2.45, 2.75) is 52.4 Å². The van der Waals surface area contributed by atoms with E-state index in [0.29, 0.717) is 18.4 Å². The highest BCUT2D eigenvalue weighted by Crippen LogP contribution is 2.39. The zero-order valence-electron chi connectivity index (χ0n) is 21.9. The van der Waals surface area contributed by atoms with E-state index in [4.69, 9.17) is 0 Å². The number of likely N-dealkylation sites (tertiary alicyclic amines) is 1. The standard InChI is InChI=1S/C29H37N5O/c1-18(2)28-25-16-22(21-9-11-33(12-10-21)27(35)17-32(5)6)7-8-26(25)30-29(28)23-14-20(4)34-24(15-23)13-19(3)31-34/h7-8,13-16,18,21,30H,9-12,17H2,1-6H3. The Labute approximate surface area is 207 Å². The molecular formula is C29H37N5O. The summed E-state index contributed by atoms with van der Waals surface area (Å²) in [5, 5.41) is 5.94. The maximum atomic E-state index is 12.5. The first-order chi connectivity index (χ1) is 16.7. The molecule has 1 aliphatic heterocycles. The van der Waals surface area contributed by atoms with E-state index in [9.17, 15) is 4.79 Å². The number of piperidine rings is 1. The number of nitrogens with zero attached hydrogens (tertiary/aromatic N) is 4. The number of aromatic amines is 1. The summed E-state index contributed by atoms with van der Waals surface area (Å²) in [4.78, 5) is 20.2. The molecule has 0 radical (unpaired) electrons. The molecule has 1 amide bonds. The Morgan fingerprint density at radius 2 is 1.86 bits per heavy atom. The number of H-pyrrole nitrogens is 1. The first kappa shape index (κ1) is 23.6. The smallest absolute Gasteiger partial charge is 0.236 e. The van der Waals surface area contributed by atoms with Crippen LogP contribution in [0.2, 0.25) is 0 Å². The van der Waals surface area contributed by atoms with Crippen LogP contribution in [0.4, 0.5) is 0 Å². The molecule has 1 N–H and O–H groups in total. The highest BCUT2D eigenvalue weighted by Gasteiger charge is 2.25. The van der Waals surface area contributed by atoms with E-state index in [1.54, 1.807) is 0 Å². The number of carbonyl (C=O) groups is 1. The van der Waals surface area contributed by atoms with Gasteiger partial charge in [0.2, 0.25) is 5.91 Å². The van der Waals surface area contributed by atoms with Crippen LogP contribution < -0.4 is 0 Å². The Hall–Kier alpha value is -3.12. The summed E-state index contributed by atoms with van der Waals surface area (Å²) in [6, 6.07) is 13.5. The zero-order valence-corrected chi connectivity index (χ0v) is 21.9. The van der Waals surface area contributed by atoms with E-state index in [-0.39, 0.29) is 5.91 Å². The fourth-order valence-electron chi connectivity index (χ4n) is 5.68. The van der Waals surface area contributed by atoms with E-state index >= 15 is 0 Å². The van der Waals surface area contributed by atoms with Crippen LogP contribution in [0.1, 0.15) is 61.0 Å². The fourth-order valence-corrected chi connectivity index (χ4v) is 5.68. The van der Waals surface area contributed by atoms with Gasteiger partial charge in [0.05, 0.1) is 23.4 Å². The van der Waals surface area contributed by atoms with Crippen molar-refractivity contribution in [2.24, 2.45) is 0 Å². The van der Waals surface area contributed by atoms with Crippen LogP contribution in [-0.2, 0) is 4.79 Å². The summed E-state index contributed by atoms with van der Waals surface area (Å²) >= 11 is 0. The minimum Gasteiger partial charge on any atom is -0.354 e. The van der Waals surface area contributed by atoms with Gasteiger partial charge in [-0.1, -0.05) is 19.9 Å². The third-order valence-corrected chi connectivity index (χ3v) is 7.36. The molecule has 0 saturated carbocycles. The van der Waals surface area contributed by atoms with Gasteiger partial charge in [0.15, 0.2) is 0 Å². The Bertz CT molecular complexity index is 1390. The van der Waals surface area contributed by atoms with Crippen molar-refractivity contribution >= 4 is 22.3 Å². The average molecular weight is 472 g/mol. The van der Waals surface area contributed by atoms with Gasteiger partial charge in [-0.15, -0.1) is 0 Å². The summed E-state index contributed by atoms with van der Waals surface area (Å²) in [5.74, 6) is 1.12. The molecular weight excluding hydrogens is 434 g/mol. The van der Waals surface area contributed by atoms with Gasteiger partial charge in [0, 0.05) is 35.2 Å². The van der Waals surface area contributed by atoms with Crippen molar-refractivity contribution in [3.63, 3.8) is 0 Å². The molecule has 0 unspecified atom stereocenters. The number of carbonyl (C=O) groups excluding carboxylic acids is 1. The van der Waals surface area contributed by atoms with E-state index < -0.39 is 0 Å². The molecule has 0 spiro atoms. The summed E-state index contributed by atoms with van der Waals surface area (Å²) in [6.45, 7) is 10.9. The predicted octanol–water partition coefficient (Wildman–Crippen LogP) is 5.49. The lowest BCUT2D eigenvalue weighted by Gasteiger charge is -2.33. The molecule has 3 aromatic heterocycles. The van der Waals surface area contributed by atoms with Crippen molar-refractivity contribution in [2.75, 3.05) is 33.7 Å². The van der Waals surface area contributed by atoms with E-state index in [1.165, 1.54) is 33.3 Å². The third kappa shape index (κ3) is 4.47. The zero-order chi connectivity index (χ0) is 24.9. The van der Waals surface area contributed by atoms with Crippen molar-refractivity contribution < 1.29 is 4.79 Å². The lowest BCUT2D eigenvalue weighted by Crippen LogP contribution is -2.42. The third-order valence-electron chi connectivity index (χ3n) is 7.36. The van der Waals surface area contributed by atoms with Crippen molar-refractivity contribution in [1.82, 2.24) is 24.4 Å². The molecule has 1 saturated heterocycles. The number of aryl methyl sites for hydroxylation is 2. The number of hydrogen-bond donors (Lipinski definition) is 1. The molecule has 1 aliphatic rings. The highest BCUT2D eigenvalue weighted by molar-refractivity contribution is 5.92. The van der Waals surface area contributed by atoms with Gasteiger partial charge >= 0.3 is 0 Å². The SMILES string of the molecule is Cc1cc2cc(-c3[nH]c4ccc(C5CCN(C(=O)CN(C)C)CC5)cc4c3C(C)C)cc(C)n2n1. The first-order valence-corrected chi connectivity index (χ1v) is 12.8. The van der Waals surface area contributed by atoms with Crippen LogP contribution >= 0.6 is 0 Å². The molecule has 5 rings (SSSR count). The second kappa shape index (κ2) is 9.15. The largest absolute Gasteiger partial charge is 0.354 e. The molecule has 184 valence electrons. The Morgan fingerprint density at radius 1 is 1.11 bits per heavy atom. The van der Waals surface area contributed by atoms with E-state index in [0.717, 1.165) is 42.8 Å².